The second-order valence-electron chi connectivity index (χ2n) is 11.6. The van der Waals surface area contributed by atoms with Crippen molar-refractivity contribution in [2.75, 3.05) is 18.8 Å². The van der Waals surface area contributed by atoms with Gasteiger partial charge in [-0.05, 0) is 68.3 Å². The molecule has 0 unspecified atom stereocenters. The van der Waals surface area contributed by atoms with Crippen molar-refractivity contribution in [3.63, 3.8) is 0 Å². The molecule has 0 aliphatic carbocycles. The number of carbonyl (C=O) groups is 1. The molecule has 4 heterocycles. The van der Waals surface area contributed by atoms with Crippen LogP contribution in [0, 0.1) is 0 Å². The fourth-order valence-electron chi connectivity index (χ4n) is 5.26. The van der Waals surface area contributed by atoms with Crippen LogP contribution in [-0.4, -0.2) is 49.4 Å². The van der Waals surface area contributed by atoms with Gasteiger partial charge in [-0.2, -0.15) is 5.10 Å². The monoisotopic (exact) mass is 546 g/mol. The molecule has 1 saturated heterocycles. The number of carbonyl (C=O) groups excluding carboxylic acids is 1. The van der Waals surface area contributed by atoms with Gasteiger partial charge in [0.15, 0.2) is 0 Å². The summed E-state index contributed by atoms with van der Waals surface area (Å²) >= 11 is 0. The van der Waals surface area contributed by atoms with Gasteiger partial charge in [0.25, 0.3) is 0 Å². The maximum atomic E-state index is 12.4. The molecule has 2 aromatic carbocycles. The largest absolute Gasteiger partial charge is 0.444 e. The second kappa shape index (κ2) is 10.7. The van der Waals surface area contributed by atoms with Crippen LogP contribution in [0.1, 0.15) is 39.7 Å². The lowest BCUT2D eigenvalue weighted by Gasteiger charge is -2.33. The molecule has 8 nitrogen and oxygen atoms in total. The summed E-state index contributed by atoms with van der Waals surface area (Å²) in [6.07, 6.45) is 8.96. The van der Waals surface area contributed by atoms with Crippen molar-refractivity contribution in [2.45, 2.75) is 45.3 Å². The average Bonchev–Trinajstić information content (AvgIpc) is 3.47. The Balaban J connectivity index is 1.19. The molecule has 1 aliphatic heterocycles. The van der Waals surface area contributed by atoms with Gasteiger partial charge in [0.05, 0.1) is 17.9 Å². The van der Waals surface area contributed by atoms with E-state index in [9.17, 15) is 4.79 Å². The van der Waals surface area contributed by atoms with Crippen molar-refractivity contribution in [1.82, 2.24) is 24.6 Å². The third-order valence-corrected chi connectivity index (χ3v) is 7.45. The third-order valence-electron chi connectivity index (χ3n) is 7.45. The van der Waals surface area contributed by atoms with Gasteiger partial charge >= 0.3 is 6.09 Å². The number of nitrogens with two attached hydrogens (primary N) is 1. The summed E-state index contributed by atoms with van der Waals surface area (Å²) in [5.41, 5.74) is 11.6. The van der Waals surface area contributed by atoms with Gasteiger partial charge in [-0.3, -0.25) is 9.67 Å². The summed E-state index contributed by atoms with van der Waals surface area (Å²) in [6, 6.07) is 21.0. The Morgan fingerprint density at radius 2 is 1.63 bits per heavy atom. The van der Waals surface area contributed by atoms with Crippen molar-refractivity contribution >= 4 is 22.7 Å². The van der Waals surface area contributed by atoms with E-state index < -0.39 is 5.60 Å². The summed E-state index contributed by atoms with van der Waals surface area (Å²) in [6.45, 7) is 6.94. The van der Waals surface area contributed by atoms with E-state index in [2.05, 4.69) is 46.5 Å². The summed E-state index contributed by atoms with van der Waals surface area (Å²) < 4.78 is 7.52. The lowest BCUT2D eigenvalue weighted by molar-refractivity contribution is 0.0185. The highest BCUT2D eigenvalue weighted by Gasteiger charge is 2.28. The zero-order chi connectivity index (χ0) is 28.6. The molecule has 1 fully saturated rings. The van der Waals surface area contributed by atoms with Gasteiger partial charge in [-0.15, -0.1) is 0 Å². The van der Waals surface area contributed by atoms with Crippen LogP contribution < -0.4 is 5.73 Å². The van der Waals surface area contributed by atoms with Crippen molar-refractivity contribution in [3.8, 4) is 33.5 Å². The highest BCUT2D eigenvalue weighted by Crippen LogP contribution is 2.32. The number of aromatic nitrogens is 4. The number of ether oxygens (including phenoxy) is 1. The molecule has 1 amide bonds. The quantitative estimate of drug-likeness (QED) is 0.261. The first-order chi connectivity index (χ1) is 19.7. The lowest BCUT2D eigenvalue weighted by Crippen LogP contribution is -2.42. The van der Waals surface area contributed by atoms with Gasteiger partial charge in [0.1, 0.15) is 11.4 Å². The van der Waals surface area contributed by atoms with Crippen LogP contribution in [-0.2, 0) is 4.74 Å². The van der Waals surface area contributed by atoms with E-state index in [0.717, 1.165) is 51.6 Å². The van der Waals surface area contributed by atoms with Crippen LogP contribution in [0.2, 0.25) is 0 Å². The number of likely N-dealkylation sites (tertiary alicyclic amines) is 1. The number of benzene rings is 2. The molecular weight excluding hydrogens is 512 g/mol. The molecule has 41 heavy (non-hydrogen) atoms. The fourth-order valence-corrected chi connectivity index (χ4v) is 5.26. The summed E-state index contributed by atoms with van der Waals surface area (Å²) in [5.74, 6) is 0.434. The van der Waals surface area contributed by atoms with Crippen LogP contribution in [0.3, 0.4) is 0 Å². The Kier molecular flexibility index (Phi) is 6.91. The molecule has 2 N–H and O–H groups in total. The average molecular weight is 547 g/mol. The molecule has 8 heteroatoms. The predicted octanol–water partition coefficient (Wildman–Crippen LogP) is 6.98. The number of nitrogen functional groups attached to an aromatic ring is 1. The summed E-state index contributed by atoms with van der Waals surface area (Å²) in [4.78, 5) is 23.4. The Hall–Kier alpha value is -4.72. The smallest absolute Gasteiger partial charge is 0.410 e. The number of hydrogen-bond acceptors (Lipinski definition) is 6. The van der Waals surface area contributed by atoms with Gasteiger partial charge in [-0.25, -0.2) is 9.78 Å². The minimum Gasteiger partial charge on any atom is -0.444 e. The van der Waals surface area contributed by atoms with E-state index in [1.165, 1.54) is 5.56 Å². The zero-order valence-electron chi connectivity index (χ0n) is 23.6. The highest BCUT2D eigenvalue weighted by molar-refractivity contribution is 5.90. The highest BCUT2D eigenvalue weighted by atomic mass is 16.6. The second-order valence-corrected chi connectivity index (χ2v) is 11.6. The SMILES string of the molecule is CC(C)(C)OC(=O)N1CCC(n2cc(-c3cnc(N)c(-c4cc5ccc(-c6ccccc6)cc5cn4)c3)cn2)CC1. The molecule has 6 rings (SSSR count). The molecule has 3 aromatic heterocycles. The third kappa shape index (κ3) is 5.77. The zero-order valence-corrected chi connectivity index (χ0v) is 23.6. The van der Waals surface area contributed by atoms with Crippen molar-refractivity contribution in [3.05, 3.63) is 85.5 Å². The molecule has 208 valence electrons. The topological polar surface area (TPSA) is 99.2 Å². The van der Waals surface area contributed by atoms with Crippen LogP contribution >= 0.6 is 0 Å². The Bertz CT molecular complexity index is 1700. The summed E-state index contributed by atoms with van der Waals surface area (Å²) in [5, 5.41) is 6.81. The van der Waals surface area contributed by atoms with Crippen LogP contribution in [0.15, 0.2) is 85.5 Å². The van der Waals surface area contributed by atoms with Gasteiger partial charge in [0, 0.05) is 53.8 Å². The molecule has 1 aliphatic rings. The maximum absolute atomic E-state index is 12.4. The molecule has 0 radical (unpaired) electrons. The number of rotatable bonds is 4. The number of pyridine rings is 2. The maximum Gasteiger partial charge on any atom is 0.410 e. The van der Waals surface area contributed by atoms with Crippen molar-refractivity contribution in [2.24, 2.45) is 0 Å². The van der Waals surface area contributed by atoms with E-state index in [1.807, 2.05) is 68.3 Å². The lowest BCUT2D eigenvalue weighted by atomic mass is 10.0. The normalized spacial score (nSPS) is 14.4. The fraction of sp³-hybridized carbons (Fsp3) is 0.273. The van der Waals surface area contributed by atoms with E-state index in [0.29, 0.717) is 18.9 Å². The number of nitrogens with zero attached hydrogens (tertiary/aromatic N) is 5. The van der Waals surface area contributed by atoms with E-state index in [-0.39, 0.29) is 12.1 Å². The van der Waals surface area contributed by atoms with Crippen LogP contribution in [0.5, 0.6) is 0 Å². The van der Waals surface area contributed by atoms with Crippen LogP contribution in [0.25, 0.3) is 44.3 Å². The van der Waals surface area contributed by atoms with Crippen molar-refractivity contribution < 1.29 is 9.53 Å². The number of fused-ring (bicyclic) bond motifs is 1. The molecule has 0 saturated carbocycles. The van der Waals surface area contributed by atoms with E-state index >= 15 is 0 Å². The first-order valence-electron chi connectivity index (χ1n) is 14.0. The molecule has 0 atom stereocenters. The minimum atomic E-state index is -0.495. The van der Waals surface area contributed by atoms with Gasteiger partial charge in [-0.1, -0.05) is 42.5 Å². The molecular formula is C33H34N6O2. The number of amides is 1. The van der Waals surface area contributed by atoms with Crippen molar-refractivity contribution in [1.29, 1.82) is 0 Å². The Morgan fingerprint density at radius 1 is 0.854 bits per heavy atom. The molecule has 5 aromatic rings. The number of piperidine rings is 1. The standard InChI is InChI=1S/C33H34N6O2/c1-33(2,3)41-32(40)38-13-11-28(12-14-38)39-21-27(20-37-39)26-16-29(31(34)36-19-26)30-17-24-10-9-23(15-25(24)18-35-30)22-7-5-4-6-8-22/h4-10,15-21,28H,11-14H2,1-3H3,(H2,34,36). The Morgan fingerprint density at radius 3 is 2.39 bits per heavy atom. The molecule has 0 bridgehead atoms. The van der Waals surface area contributed by atoms with Gasteiger partial charge < -0.3 is 15.4 Å². The summed E-state index contributed by atoms with van der Waals surface area (Å²) in [7, 11) is 0. The predicted molar refractivity (Wildman–Crippen MR) is 162 cm³/mol. The van der Waals surface area contributed by atoms with E-state index in [4.69, 9.17) is 15.5 Å². The van der Waals surface area contributed by atoms with Gasteiger partial charge in [0.2, 0.25) is 0 Å². The first-order valence-corrected chi connectivity index (χ1v) is 14.0. The minimum absolute atomic E-state index is 0.214. The van der Waals surface area contributed by atoms with Crippen LogP contribution in [0.4, 0.5) is 10.6 Å². The Labute approximate surface area is 239 Å². The van der Waals surface area contributed by atoms with E-state index in [1.54, 1.807) is 11.1 Å². The first kappa shape index (κ1) is 26.5. The number of hydrogen-bond donors (Lipinski definition) is 1. The number of anilines is 1. The molecule has 0 spiro atoms.